The molecule has 0 aromatic heterocycles. The summed E-state index contributed by atoms with van der Waals surface area (Å²) in [6.45, 7) is 7.42. The van der Waals surface area contributed by atoms with Crippen LogP contribution in [0.4, 0.5) is 0 Å². The Hall–Kier alpha value is -0.690. The van der Waals surface area contributed by atoms with E-state index in [0.717, 1.165) is 0 Å². The first-order valence-corrected chi connectivity index (χ1v) is 7.01. The lowest BCUT2D eigenvalue weighted by molar-refractivity contribution is -0.177. The van der Waals surface area contributed by atoms with E-state index in [1.807, 2.05) is 27.7 Å². The molecular formula is C14H22O6. The van der Waals surface area contributed by atoms with Gasteiger partial charge in [0.25, 0.3) is 0 Å². The lowest BCUT2D eigenvalue weighted by Gasteiger charge is -2.35. The Morgan fingerprint density at radius 3 is 2.15 bits per heavy atom. The van der Waals surface area contributed by atoms with Gasteiger partial charge in [-0.05, 0) is 34.1 Å². The number of carbonyl (C=O) groups excluding carboxylic acids is 1. The van der Waals surface area contributed by atoms with Gasteiger partial charge in [-0.3, -0.25) is 4.79 Å². The Morgan fingerprint density at radius 2 is 1.50 bits per heavy atom. The van der Waals surface area contributed by atoms with Gasteiger partial charge in [0.15, 0.2) is 11.6 Å². The van der Waals surface area contributed by atoms with Crippen molar-refractivity contribution in [2.75, 3.05) is 7.11 Å². The fourth-order valence-corrected chi connectivity index (χ4v) is 3.47. The van der Waals surface area contributed by atoms with Crippen molar-refractivity contribution in [2.45, 2.75) is 70.1 Å². The second kappa shape index (κ2) is 4.40. The van der Waals surface area contributed by atoms with Crippen LogP contribution in [-0.4, -0.2) is 49.1 Å². The van der Waals surface area contributed by atoms with Crippen molar-refractivity contribution in [3.05, 3.63) is 0 Å². The Labute approximate surface area is 118 Å². The molecule has 3 aliphatic rings. The minimum atomic E-state index is -0.730. The predicted octanol–water partition coefficient (Wildman–Crippen LogP) is 1.22. The van der Waals surface area contributed by atoms with Gasteiger partial charge >= 0.3 is 5.97 Å². The number of hydrogen-bond donors (Lipinski definition) is 0. The SMILES string of the molecule is COC(=O)[C@H]1C[C@H]2OC(C)(C)O[C@H]2[C@@H]2OC(C)(C)O[C@@H]21. The number of ether oxygens (including phenoxy) is 5. The van der Waals surface area contributed by atoms with Gasteiger partial charge in [0, 0.05) is 0 Å². The second-order valence-electron chi connectivity index (χ2n) is 6.57. The third-order valence-electron chi connectivity index (χ3n) is 4.10. The molecule has 2 saturated heterocycles. The standard InChI is InChI=1S/C14H22O6/c1-13(2)17-8-6-7(12(15)16-5)9-11(10(8)19-13)20-14(3,4)18-9/h7-11H,6H2,1-5H3/t7-,8+,9+,10+,11+/m0/s1. The number of rotatable bonds is 1. The predicted molar refractivity (Wildman–Crippen MR) is 67.8 cm³/mol. The van der Waals surface area contributed by atoms with E-state index in [2.05, 4.69) is 0 Å². The van der Waals surface area contributed by atoms with E-state index in [1.165, 1.54) is 7.11 Å². The smallest absolute Gasteiger partial charge is 0.311 e. The van der Waals surface area contributed by atoms with Crippen LogP contribution >= 0.6 is 0 Å². The highest BCUT2D eigenvalue weighted by Crippen LogP contribution is 2.46. The number of esters is 1. The molecule has 1 aliphatic carbocycles. The van der Waals surface area contributed by atoms with Crippen molar-refractivity contribution >= 4 is 5.97 Å². The van der Waals surface area contributed by atoms with Gasteiger partial charge in [-0.2, -0.15) is 0 Å². The van der Waals surface area contributed by atoms with E-state index in [9.17, 15) is 4.79 Å². The molecule has 2 aliphatic heterocycles. The van der Waals surface area contributed by atoms with E-state index in [1.54, 1.807) is 0 Å². The first kappa shape index (κ1) is 14.3. The molecule has 0 bridgehead atoms. The summed E-state index contributed by atoms with van der Waals surface area (Å²) in [5.74, 6) is -2.06. The Morgan fingerprint density at radius 1 is 0.950 bits per heavy atom. The number of fused-ring (bicyclic) bond motifs is 3. The van der Waals surface area contributed by atoms with Crippen LogP contribution in [0, 0.1) is 5.92 Å². The van der Waals surface area contributed by atoms with Crippen molar-refractivity contribution in [2.24, 2.45) is 5.92 Å². The third-order valence-corrected chi connectivity index (χ3v) is 4.10. The Bertz CT molecular complexity index is 418. The van der Waals surface area contributed by atoms with Crippen molar-refractivity contribution in [3.63, 3.8) is 0 Å². The van der Waals surface area contributed by atoms with Gasteiger partial charge in [-0.1, -0.05) is 0 Å². The molecule has 0 unspecified atom stereocenters. The monoisotopic (exact) mass is 286 g/mol. The minimum Gasteiger partial charge on any atom is -0.469 e. The topological polar surface area (TPSA) is 63.2 Å². The molecule has 114 valence electrons. The highest BCUT2D eigenvalue weighted by Gasteiger charge is 2.61. The van der Waals surface area contributed by atoms with Crippen LogP contribution in [0.5, 0.6) is 0 Å². The lowest BCUT2D eigenvalue weighted by Crippen LogP contribution is -2.53. The summed E-state index contributed by atoms with van der Waals surface area (Å²) >= 11 is 0. The molecule has 20 heavy (non-hydrogen) atoms. The molecule has 0 amide bonds. The van der Waals surface area contributed by atoms with E-state index in [4.69, 9.17) is 23.7 Å². The Kier molecular flexibility index (Phi) is 3.14. The summed E-state index contributed by atoms with van der Waals surface area (Å²) < 4.78 is 28.6. The third kappa shape index (κ3) is 2.24. The van der Waals surface area contributed by atoms with Crippen molar-refractivity contribution < 1.29 is 28.5 Å². The fourth-order valence-electron chi connectivity index (χ4n) is 3.47. The second-order valence-corrected chi connectivity index (χ2v) is 6.57. The van der Waals surface area contributed by atoms with E-state index >= 15 is 0 Å². The summed E-state index contributed by atoms with van der Waals surface area (Å²) in [4.78, 5) is 12.0. The molecule has 0 aromatic rings. The van der Waals surface area contributed by atoms with Gasteiger partial charge in [-0.15, -0.1) is 0 Å². The van der Waals surface area contributed by atoms with Gasteiger partial charge in [-0.25, -0.2) is 0 Å². The van der Waals surface area contributed by atoms with Gasteiger partial charge in [0.05, 0.1) is 19.1 Å². The maximum atomic E-state index is 12.0. The largest absolute Gasteiger partial charge is 0.469 e. The first-order chi connectivity index (χ1) is 9.22. The highest BCUT2D eigenvalue weighted by molar-refractivity contribution is 5.73. The highest BCUT2D eigenvalue weighted by atomic mass is 16.8. The zero-order chi connectivity index (χ0) is 14.7. The molecule has 3 rings (SSSR count). The molecule has 6 nitrogen and oxygen atoms in total. The maximum absolute atomic E-state index is 12.0. The van der Waals surface area contributed by atoms with Crippen LogP contribution in [0.3, 0.4) is 0 Å². The molecule has 0 spiro atoms. The first-order valence-electron chi connectivity index (χ1n) is 7.01. The lowest BCUT2D eigenvalue weighted by atomic mass is 9.81. The van der Waals surface area contributed by atoms with Crippen LogP contribution in [0.15, 0.2) is 0 Å². The van der Waals surface area contributed by atoms with Gasteiger partial charge in [0.2, 0.25) is 0 Å². The van der Waals surface area contributed by atoms with Crippen LogP contribution in [-0.2, 0) is 28.5 Å². The molecule has 5 atom stereocenters. The zero-order valence-corrected chi connectivity index (χ0v) is 12.5. The average molecular weight is 286 g/mol. The van der Waals surface area contributed by atoms with Crippen molar-refractivity contribution in [3.8, 4) is 0 Å². The molecule has 0 radical (unpaired) electrons. The summed E-state index contributed by atoms with van der Waals surface area (Å²) in [7, 11) is 1.39. The zero-order valence-electron chi connectivity index (χ0n) is 12.5. The van der Waals surface area contributed by atoms with Crippen molar-refractivity contribution in [1.82, 2.24) is 0 Å². The summed E-state index contributed by atoms with van der Waals surface area (Å²) in [5, 5.41) is 0. The van der Waals surface area contributed by atoms with Crippen LogP contribution in [0.2, 0.25) is 0 Å². The molecule has 2 heterocycles. The van der Waals surface area contributed by atoms with Gasteiger partial charge in [0.1, 0.15) is 18.3 Å². The number of carbonyl (C=O) groups is 1. The summed E-state index contributed by atoms with van der Waals surface area (Å²) in [6, 6.07) is 0. The number of hydrogen-bond acceptors (Lipinski definition) is 6. The molecule has 0 N–H and O–H groups in total. The minimum absolute atomic E-state index is 0.173. The van der Waals surface area contributed by atoms with E-state index in [0.29, 0.717) is 6.42 Å². The normalized spacial score (nSPS) is 44.8. The molecule has 1 saturated carbocycles. The van der Waals surface area contributed by atoms with Crippen LogP contribution < -0.4 is 0 Å². The quantitative estimate of drug-likeness (QED) is 0.675. The average Bonchev–Trinajstić information content (AvgIpc) is 2.81. The van der Waals surface area contributed by atoms with Crippen molar-refractivity contribution in [1.29, 1.82) is 0 Å². The van der Waals surface area contributed by atoms with E-state index < -0.39 is 11.6 Å². The van der Waals surface area contributed by atoms with Crippen LogP contribution in [0.25, 0.3) is 0 Å². The van der Waals surface area contributed by atoms with Crippen LogP contribution in [0.1, 0.15) is 34.1 Å². The maximum Gasteiger partial charge on any atom is 0.311 e. The molecule has 0 aromatic carbocycles. The van der Waals surface area contributed by atoms with E-state index in [-0.39, 0.29) is 36.3 Å². The molecular weight excluding hydrogens is 264 g/mol. The number of methoxy groups -OCH3 is 1. The Balaban J connectivity index is 1.90. The summed E-state index contributed by atoms with van der Waals surface area (Å²) in [6.07, 6.45) is -0.516. The molecule has 6 heteroatoms. The van der Waals surface area contributed by atoms with Gasteiger partial charge < -0.3 is 23.7 Å². The molecule has 3 fully saturated rings. The summed E-state index contributed by atoms with van der Waals surface area (Å²) in [5.41, 5.74) is 0. The fraction of sp³-hybridized carbons (Fsp3) is 0.929.